The van der Waals surface area contributed by atoms with E-state index in [1.165, 1.54) is 6.07 Å². The van der Waals surface area contributed by atoms with Gasteiger partial charge in [0.25, 0.3) is 0 Å². The maximum atomic E-state index is 13.1. The molecule has 0 radical (unpaired) electrons. The van der Waals surface area contributed by atoms with Crippen LogP contribution in [0.2, 0.25) is 0 Å². The fourth-order valence-corrected chi connectivity index (χ4v) is 1.68. The summed E-state index contributed by atoms with van der Waals surface area (Å²) in [5.74, 6) is -5.24. The van der Waals surface area contributed by atoms with Crippen molar-refractivity contribution in [3.63, 3.8) is 0 Å². The van der Waals surface area contributed by atoms with Crippen LogP contribution in [0.4, 0.5) is 28.9 Å². The quantitative estimate of drug-likeness (QED) is 0.405. The van der Waals surface area contributed by atoms with Crippen molar-refractivity contribution in [3.05, 3.63) is 69.3 Å². The minimum atomic E-state index is -1.57. The monoisotopic (exact) mass is 300 g/mol. The van der Waals surface area contributed by atoms with Gasteiger partial charge in [0, 0.05) is 18.3 Å². The number of hydrogen-bond donors (Lipinski definition) is 1. The van der Waals surface area contributed by atoms with Crippen LogP contribution in [0.5, 0.6) is 0 Å². The number of nitrogens with zero attached hydrogens (tertiary/aromatic N) is 1. The number of anilines is 1. The molecule has 21 heavy (non-hydrogen) atoms. The summed E-state index contributed by atoms with van der Waals surface area (Å²) in [7, 11) is 0. The summed E-state index contributed by atoms with van der Waals surface area (Å²) in [4.78, 5) is 9.68. The summed E-state index contributed by atoms with van der Waals surface area (Å²) in [6.07, 6.45) is 0. The molecule has 0 aliphatic rings. The number of nitrogens with one attached hydrogen (secondary N) is 1. The molecule has 0 heterocycles. The van der Waals surface area contributed by atoms with Crippen LogP contribution in [-0.2, 0) is 6.54 Å². The molecule has 2 aromatic rings. The summed E-state index contributed by atoms with van der Waals surface area (Å²) >= 11 is 0. The number of halogens is 4. The van der Waals surface area contributed by atoms with E-state index in [1.807, 2.05) is 0 Å². The summed E-state index contributed by atoms with van der Waals surface area (Å²) < 4.78 is 51.9. The van der Waals surface area contributed by atoms with Gasteiger partial charge in [-0.15, -0.1) is 0 Å². The van der Waals surface area contributed by atoms with E-state index in [2.05, 4.69) is 5.32 Å². The Hall–Kier alpha value is -2.64. The lowest BCUT2D eigenvalue weighted by Crippen LogP contribution is -2.03. The van der Waals surface area contributed by atoms with Crippen molar-refractivity contribution < 1.29 is 22.5 Å². The van der Waals surface area contributed by atoms with Crippen LogP contribution in [0.1, 0.15) is 5.56 Å². The fraction of sp³-hybridized carbons (Fsp3) is 0.0769. The Balaban J connectivity index is 2.17. The lowest BCUT2D eigenvalue weighted by molar-refractivity contribution is -0.387. The van der Waals surface area contributed by atoms with Crippen LogP contribution < -0.4 is 5.32 Å². The zero-order valence-corrected chi connectivity index (χ0v) is 10.4. The van der Waals surface area contributed by atoms with Crippen molar-refractivity contribution in [3.8, 4) is 0 Å². The highest BCUT2D eigenvalue weighted by atomic mass is 19.2. The molecule has 2 aromatic carbocycles. The Kier molecular flexibility index (Phi) is 4.06. The summed E-state index contributed by atoms with van der Waals surface area (Å²) in [6.45, 7) is -0.114. The van der Waals surface area contributed by atoms with E-state index in [1.54, 1.807) is 0 Å². The zero-order valence-electron chi connectivity index (χ0n) is 10.4. The summed E-state index contributed by atoms with van der Waals surface area (Å²) in [5.41, 5.74) is -0.442. The molecule has 0 bridgehead atoms. The normalized spacial score (nSPS) is 10.5. The molecule has 0 saturated carbocycles. The SMILES string of the molecule is O=[N+]([O-])c1cc(NCc2cc(F)c(F)c(F)c2)ccc1F. The lowest BCUT2D eigenvalue weighted by Gasteiger charge is -2.07. The number of nitro groups is 1. The fourth-order valence-electron chi connectivity index (χ4n) is 1.68. The summed E-state index contributed by atoms with van der Waals surface area (Å²) in [5, 5.41) is 13.2. The van der Waals surface area contributed by atoms with Gasteiger partial charge >= 0.3 is 5.69 Å². The average molecular weight is 300 g/mol. The van der Waals surface area contributed by atoms with E-state index in [9.17, 15) is 27.7 Å². The highest BCUT2D eigenvalue weighted by molar-refractivity contribution is 5.52. The van der Waals surface area contributed by atoms with Crippen LogP contribution in [-0.4, -0.2) is 4.92 Å². The average Bonchev–Trinajstić information content (AvgIpc) is 2.43. The minimum Gasteiger partial charge on any atom is -0.381 e. The van der Waals surface area contributed by atoms with Gasteiger partial charge in [-0.2, -0.15) is 4.39 Å². The molecule has 0 atom stereocenters. The van der Waals surface area contributed by atoms with Gasteiger partial charge in [-0.1, -0.05) is 0 Å². The van der Waals surface area contributed by atoms with Crippen LogP contribution in [0.3, 0.4) is 0 Å². The molecule has 0 spiro atoms. The van der Waals surface area contributed by atoms with Gasteiger partial charge in [0.2, 0.25) is 5.82 Å². The first kappa shape index (κ1) is 14.8. The molecule has 1 N–H and O–H groups in total. The molecule has 0 aliphatic heterocycles. The van der Waals surface area contributed by atoms with Crippen molar-refractivity contribution in [2.24, 2.45) is 0 Å². The second-order valence-corrected chi connectivity index (χ2v) is 4.15. The van der Waals surface area contributed by atoms with E-state index in [-0.39, 0.29) is 17.8 Å². The molecule has 2 rings (SSSR count). The van der Waals surface area contributed by atoms with E-state index < -0.39 is 33.9 Å². The maximum absolute atomic E-state index is 13.1. The molecule has 0 amide bonds. The third-order valence-electron chi connectivity index (χ3n) is 2.68. The van der Waals surface area contributed by atoms with E-state index >= 15 is 0 Å². The molecule has 0 saturated heterocycles. The predicted molar refractivity (Wildman–Crippen MR) is 66.7 cm³/mol. The Morgan fingerprint density at radius 1 is 1.00 bits per heavy atom. The van der Waals surface area contributed by atoms with Crippen LogP contribution in [0.15, 0.2) is 30.3 Å². The summed E-state index contributed by atoms with van der Waals surface area (Å²) in [6, 6.07) is 4.67. The van der Waals surface area contributed by atoms with Crippen molar-refractivity contribution in [2.45, 2.75) is 6.54 Å². The smallest absolute Gasteiger partial charge is 0.306 e. The second-order valence-electron chi connectivity index (χ2n) is 4.15. The number of hydrogen-bond acceptors (Lipinski definition) is 3. The minimum absolute atomic E-state index is 0.0957. The maximum Gasteiger partial charge on any atom is 0.306 e. The first-order chi connectivity index (χ1) is 9.88. The lowest BCUT2D eigenvalue weighted by atomic mass is 10.2. The third-order valence-corrected chi connectivity index (χ3v) is 2.68. The van der Waals surface area contributed by atoms with Gasteiger partial charge in [-0.05, 0) is 29.8 Å². The molecule has 4 nitrogen and oxygen atoms in total. The third kappa shape index (κ3) is 3.28. The molecule has 110 valence electrons. The van der Waals surface area contributed by atoms with Gasteiger partial charge in [-0.25, -0.2) is 13.2 Å². The highest BCUT2D eigenvalue weighted by Gasteiger charge is 2.14. The first-order valence-corrected chi connectivity index (χ1v) is 5.69. The Morgan fingerprint density at radius 3 is 2.19 bits per heavy atom. The number of nitro benzene ring substituents is 1. The number of benzene rings is 2. The van der Waals surface area contributed by atoms with Crippen molar-refractivity contribution >= 4 is 11.4 Å². The molecular formula is C13H8F4N2O2. The Bertz CT molecular complexity index is 684. The molecule has 0 aliphatic carbocycles. The van der Waals surface area contributed by atoms with Crippen LogP contribution in [0, 0.1) is 33.4 Å². The largest absolute Gasteiger partial charge is 0.381 e. The van der Waals surface area contributed by atoms with Crippen molar-refractivity contribution in [1.29, 1.82) is 0 Å². The van der Waals surface area contributed by atoms with Gasteiger partial charge in [-0.3, -0.25) is 10.1 Å². The molecule has 8 heteroatoms. The van der Waals surface area contributed by atoms with E-state index in [0.29, 0.717) is 0 Å². The van der Waals surface area contributed by atoms with Crippen molar-refractivity contribution in [1.82, 2.24) is 0 Å². The molecule has 0 fully saturated rings. The van der Waals surface area contributed by atoms with E-state index in [0.717, 1.165) is 24.3 Å². The standard InChI is InChI=1S/C13H8F4N2O2/c14-9-2-1-8(5-12(9)19(20)21)18-6-7-3-10(15)13(17)11(16)4-7/h1-5,18H,6H2. The Morgan fingerprint density at radius 2 is 1.62 bits per heavy atom. The molecular weight excluding hydrogens is 292 g/mol. The van der Waals surface area contributed by atoms with Crippen molar-refractivity contribution in [2.75, 3.05) is 5.32 Å². The zero-order chi connectivity index (χ0) is 15.6. The Labute approximate surface area is 116 Å². The first-order valence-electron chi connectivity index (χ1n) is 5.69. The van der Waals surface area contributed by atoms with Gasteiger partial charge < -0.3 is 5.32 Å². The molecule has 0 unspecified atom stereocenters. The van der Waals surface area contributed by atoms with E-state index in [4.69, 9.17) is 0 Å². The number of rotatable bonds is 4. The topological polar surface area (TPSA) is 55.2 Å². The second kappa shape index (κ2) is 5.78. The predicted octanol–water partition coefficient (Wildman–Crippen LogP) is 3.76. The van der Waals surface area contributed by atoms with Crippen LogP contribution in [0.25, 0.3) is 0 Å². The van der Waals surface area contributed by atoms with Gasteiger partial charge in [0.1, 0.15) is 0 Å². The molecule has 0 aromatic heterocycles. The van der Waals surface area contributed by atoms with Gasteiger partial charge in [0.05, 0.1) is 4.92 Å². The highest BCUT2D eigenvalue weighted by Crippen LogP contribution is 2.22. The van der Waals surface area contributed by atoms with Gasteiger partial charge in [0.15, 0.2) is 17.5 Å². The van der Waals surface area contributed by atoms with Crippen LogP contribution >= 0.6 is 0 Å².